The summed E-state index contributed by atoms with van der Waals surface area (Å²) in [6, 6.07) is 4.80. The Balaban J connectivity index is 2.86. The smallest absolute Gasteiger partial charge is 0.311 e. The predicted octanol–water partition coefficient (Wildman–Crippen LogP) is 1.46. The van der Waals surface area contributed by atoms with Gasteiger partial charge in [0.2, 0.25) is 0 Å². The van der Waals surface area contributed by atoms with Gasteiger partial charge in [0.25, 0.3) is 0 Å². The van der Waals surface area contributed by atoms with Gasteiger partial charge in [-0.25, -0.2) is 0 Å². The van der Waals surface area contributed by atoms with E-state index in [1.165, 1.54) is 6.07 Å². The molecule has 1 unspecified atom stereocenters. The van der Waals surface area contributed by atoms with Gasteiger partial charge >= 0.3 is 5.69 Å². The number of rotatable bonds is 7. The SMILES string of the molecule is CCC(O)COc1ccc(CNC)cc1[N+](=O)[O-]. The molecule has 0 spiro atoms. The summed E-state index contributed by atoms with van der Waals surface area (Å²) in [5, 5.41) is 23.2. The second-order valence-corrected chi connectivity index (χ2v) is 3.96. The van der Waals surface area contributed by atoms with E-state index in [1.807, 2.05) is 6.92 Å². The average molecular weight is 254 g/mol. The molecule has 0 aliphatic carbocycles. The van der Waals surface area contributed by atoms with Gasteiger partial charge in [-0.2, -0.15) is 0 Å². The molecular weight excluding hydrogens is 236 g/mol. The van der Waals surface area contributed by atoms with Crippen LogP contribution in [0.3, 0.4) is 0 Å². The van der Waals surface area contributed by atoms with Crippen molar-refractivity contribution in [1.82, 2.24) is 5.32 Å². The molecule has 2 N–H and O–H groups in total. The van der Waals surface area contributed by atoms with Crippen LogP contribution in [0.5, 0.6) is 5.75 Å². The number of nitro benzene ring substituents is 1. The minimum atomic E-state index is -0.610. The van der Waals surface area contributed by atoms with E-state index in [4.69, 9.17) is 4.74 Å². The van der Waals surface area contributed by atoms with Gasteiger partial charge in [-0.3, -0.25) is 10.1 Å². The number of benzene rings is 1. The first-order chi connectivity index (χ1) is 8.58. The second kappa shape index (κ2) is 6.93. The molecule has 0 aliphatic rings. The lowest BCUT2D eigenvalue weighted by atomic mass is 10.2. The zero-order valence-electron chi connectivity index (χ0n) is 10.5. The van der Waals surface area contributed by atoms with E-state index in [0.717, 1.165) is 5.56 Å². The van der Waals surface area contributed by atoms with Crippen molar-refractivity contribution >= 4 is 5.69 Å². The van der Waals surface area contributed by atoms with Crippen molar-refractivity contribution in [3.8, 4) is 5.75 Å². The van der Waals surface area contributed by atoms with Crippen molar-refractivity contribution in [3.63, 3.8) is 0 Å². The van der Waals surface area contributed by atoms with Gasteiger partial charge in [-0.05, 0) is 25.1 Å². The minimum absolute atomic E-state index is 0.0582. The largest absolute Gasteiger partial charge is 0.484 e. The Hall–Kier alpha value is -1.66. The zero-order chi connectivity index (χ0) is 13.5. The highest BCUT2D eigenvalue weighted by Gasteiger charge is 2.16. The van der Waals surface area contributed by atoms with Crippen LogP contribution in [0.4, 0.5) is 5.69 Å². The van der Waals surface area contributed by atoms with Gasteiger partial charge in [0.1, 0.15) is 6.61 Å². The molecule has 0 saturated heterocycles. The molecular formula is C12H18N2O4. The van der Waals surface area contributed by atoms with Gasteiger partial charge in [-0.15, -0.1) is 0 Å². The van der Waals surface area contributed by atoms with Crippen LogP contribution in [0.25, 0.3) is 0 Å². The van der Waals surface area contributed by atoms with Crippen LogP contribution in [0.2, 0.25) is 0 Å². The normalized spacial score (nSPS) is 12.2. The number of nitrogens with zero attached hydrogens (tertiary/aromatic N) is 1. The fraction of sp³-hybridized carbons (Fsp3) is 0.500. The van der Waals surface area contributed by atoms with E-state index in [-0.39, 0.29) is 18.0 Å². The molecule has 100 valence electrons. The molecule has 6 heteroatoms. The number of nitro groups is 1. The van der Waals surface area contributed by atoms with E-state index >= 15 is 0 Å². The second-order valence-electron chi connectivity index (χ2n) is 3.96. The highest BCUT2D eigenvalue weighted by molar-refractivity contribution is 5.48. The summed E-state index contributed by atoms with van der Waals surface area (Å²) in [6.45, 7) is 2.43. The fourth-order valence-electron chi connectivity index (χ4n) is 1.45. The molecule has 1 aromatic rings. The standard InChI is InChI=1S/C12H18N2O4/c1-3-10(15)8-18-12-5-4-9(7-13-2)6-11(12)14(16)17/h4-6,10,13,15H,3,7-8H2,1-2H3. The van der Waals surface area contributed by atoms with Crippen LogP contribution in [-0.2, 0) is 6.54 Å². The van der Waals surface area contributed by atoms with Crippen molar-refractivity contribution in [3.05, 3.63) is 33.9 Å². The number of hydrogen-bond acceptors (Lipinski definition) is 5. The van der Waals surface area contributed by atoms with Gasteiger partial charge in [0.05, 0.1) is 11.0 Å². The first-order valence-corrected chi connectivity index (χ1v) is 5.81. The maximum absolute atomic E-state index is 10.9. The molecule has 0 saturated carbocycles. The quantitative estimate of drug-likeness (QED) is 0.568. The van der Waals surface area contributed by atoms with Crippen molar-refractivity contribution in [1.29, 1.82) is 0 Å². The number of hydrogen-bond donors (Lipinski definition) is 2. The van der Waals surface area contributed by atoms with Crippen LogP contribution < -0.4 is 10.1 Å². The molecule has 1 aromatic carbocycles. The first kappa shape index (κ1) is 14.4. The third-order valence-electron chi connectivity index (χ3n) is 2.50. The molecule has 18 heavy (non-hydrogen) atoms. The Kier molecular flexibility index (Phi) is 5.54. The Morgan fingerprint density at radius 3 is 2.83 bits per heavy atom. The molecule has 0 radical (unpaired) electrons. The summed E-state index contributed by atoms with van der Waals surface area (Å²) in [5.74, 6) is 0.187. The maximum Gasteiger partial charge on any atom is 0.311 e. The molecule has 1 atom stereocenters. The van der Waals surface area contributed by atoms with E-state index in [0.29, 0.717) is 13.0 Å². The molecule has 0 heterocycles. The summed E-state index contributed by atoms with van der Waals surface area (Å²) in [5.41, 5.74) is 0.735. The Morgan fingerprint density at radius 2 is 2.28 bits per heavy atom. The monoisotopic (exact) mass is 254 g/mol. The van der Waals surface area contributed by atoms with Crippen LogP contribution >= 0.6 is 0 Å². The molecule has 0 bridgehead atoms. The van der Waals surface area contributed by atoms with Crippen LogP contribution in [0.1, 0.15) is 18.9 Å². The molecule has 0 amide bonds. The van der Waals surface area contributed by atoms with E-state index in [2.05, 4.69) is 5.32 Å². The van der Waals surface area contributed by atoms with Crippen molar-refractivity contribution in [2.75, 3.05) is 13.7 Å². The summed E-state index contributed by atoms with van der Waals surface area (Å²) in [7, 11) is 1.77. The number of aliphatic hydroxyl groups excluding tert-OH is 1. The van der Waals surface area contributed by atoms with E-state index in [9.17, 15) is 15.2 Å². The molecule has 6 nitrogen and oxygen atoms in total. The van der Waals surface area contributed by atoms with Crippen LogP contribution in [0, 0.1) is 10.1 Å². The number of ether oxygens (including phenoxy) is 1. The molecule has 0 fully saturated rings. The number of aliphatic hydroxyl groups is 1. The Morgan fingerprint density at radius 1 is 1.56 bits per heavy atom. The Bertz CT molecular complexity index is 409. The van der Waals surface area contributed by atoms with Crippen LogP contribution in [0.15, 0.2) is 18.2 Å². The summed E-state index contributed by atoms with van der Waals surface area (Å²) >= 11 is 0. The van der Waals surface area contributed by atoms with Gasteiger partial charge in [0, 0.05) is 12.6 Å². The van der Waals surface area contributed by atoms with Gasteiger partial charge in [0.15, 0.2) is 5.75 Å². The third kappa shape index (κ3) is 3.97. The van der Waals surface area contributed by atoms with E-state index < -0.39 is 11.0 Å². The van der Waals surface area contributed by atoms with Crippen molar-refractivity contribution in [2.45, 2.75) is 26.0 Å². The minimum Gasteiger partial charge on any atom is -0.484 e. The lowest BCUT2D eigenvalue weighted by Crippen LogP contribution is -2.16. The summed E-state index contributed by atoms with van der Waals surface area (Å²) in [4.78, 5) is 10.5. The first-order valence-electron chi connectivity index (χ1n) is 5.81. The number of nitrogens with one attached hydrogen (secondary N) is 1. The van der Waals surface area contributed by atoms with Crippen molar-refractivity contribution in [2.24, 2.45) is 0 Å². The highest BCUT2D eigenvalue weighted by Crippen LogP contribution is 2.28. The molecule has 0 aliphatic heterocycles. The topological polar surface area (TPSA) is 84.6 Å². The van der Waals surface area contributed by atoms with Crippen LogP contribution in [-0.4, -0.2) is 29.8 Å². The van der Waals surface area contributed by atoms with E-state index in [1.54, 1.807) is 19.2 Å². The lowest BCUT2D eigenvalue weighted by Gasteiger charge is -2.11. The van der Waals surface area contributed by atoms with Crippen molar-refractivity contribution < 1.29 is 14.8 Å². The maximum atomic E-state index is 10.9. The molecule has 0 aromatic heterocycles. The Labute approximate surface area is 106 Å². The van der Waals surface area contributed by atoms with Gasteiger partial charge in [-0.1, -0.05) is 13.0 Å². The summed E-state index contributed by atoms with van der Waals surface area (Å²) in [6.07, 6.45) is -0.0624. The predicted molar refractivity (Wildman–Crippen MR) is 67.7 cm³/mol. The third-order valence-corrected chi connectivity index (χ3v) is 2.50. The summed E-state index contributed by atoms with van der Waals surface area (Å²) < 4.78 is 5.27. The zero-order valence-corrected chi connectivity index (χ0v) is 10.5. The fourth-order valence-corrected chi connectivity index (χ4v) is 1.45. The highest BCUT2D eigenvalue weighted by atomic mass is 16.6. The lowest BCUT2D eigenvalue weighted by molar-refractivity contribution is -0.386. The molecule has 1 rings (SSSR count). The average Bonchev–Trinajstić information content (AvgIpc) is 2.36. The van der Waals surface area contributed by atoms with Gasteiger partial charge < -0.3 is 15.2 Å².